The molecule has 1 rings (SSSR count). The molecule has 0 aliphatic carbocycles. The van der Waals surface area contributed by atoms with E-state index in [1.165, 1.54) is 0 Å². The molecule has 1 aromatic rings. The minimum absolute atomic E-state index is 0.0377. The maximum absolute atomic E-state index is 11.6. The lowest BCUT2D eigenvalue weighted by molar-refractivity contribution is -0.126. The molecule has 100 valence electrons. The van der Waals surface area contributed by atoms with Crippen molar-refractivity contribution in [3.63, 3.8) is 0 Å². The summed E-state index contributed by atoms with van der Waals surface area (Å²) in [7, 11) is 1.59. The molecule has 18 heavy (non-hydrogen) atoms. The van der Waals surface area contributed by atoms with Crippen molar-refractivity contribution in [3.8, 4) is 0 Å². The molecule has 0 aromatic heterocycles. The van der Waals surface area contributed by atoms with E-state index < -0.39 is 0 Å². The van der Waals surface area contributed by atoms with Crippen LogP contribution in [-0.4, -0.2) is 32.8 Å². The third-order valence-corrected chi connectivity index (χ3v) is 2.45. The minimum Gasteiger partial charge on any atom is -0.399 e. The van der Waals surface area contributed by atoms with Crippen molar-refractivity contribution < 1.29 is 14.3 Å². The number of benzene rings is 1. The highest BCUT2D eigenvalue weighted by Gasteiger charge is 2.09. The monoisotopic (exact) mass is 252 g/mol. The Kier molecular flexibility index (Phi) is 6.18. The average molecular weight is 252 g/mol. The minimum atomic E-state index is -0.152. The van der Waals surface area contributed by atoms with Crippen LogP contribution in [-0.2, 0) is 14.3 Å². The van der Waals surface area contributed by atoms with Gasteiger partial charge in [0.1, 0.15) is 6.61 Å². The van der Waals surface area contributed by atoms with E-state index in [1.54, 1.807) is 7.11 Å². The van der Waals surface area contributed by atoms with Crippen molar-refractivity contribution in [2.24, 2.45) is 0 Å². The van der Waals surface area contributed by atoms with Gasteiger partial charge in [-0.1, -0.05) is 12.1 Å². The molecule has 1 aromatic carbocycles. The number of nitrogens with one attached hydrogen (secondary N) is 1. The summed E-state index contributed by atoms with van der Waals surface area (Å²) in [5, 5.41) is 2.84. The first-order chi connectivity index (χ1) is 8.63. The second kappa shape index (κ2) is 7.68. The Hall–Kier alpha value is -1.59. The van der Waals surface area contributed by atoms with Gasteiger partial charge in [0.15, 0.2) is 0 Å². The van der Waals surface area contributed by atoms with Crippen LogP contribution in [0, 0.1) is 0 Å². The number of ether oxygens (including phenoxy) is 2. The number of hydrogen-bond acceptors (Lipinski definition) is 4. The molecule has 3 N–H and O–H groups in total. The molecule has 1 amide bonds. The Balaban J connectivity index is 2.35. The summed E-state index contributed by atoms with van der Waals surface area (Å²) in [6, 6.07) is 7.35. The molecule has 0 saturated heterocycles. The number of methoxy groups -OCH3 is 1. The van der Waals surface area contributed by atoms with Gasteiger partial charge < -0.3 is 20.5 Å². The molecule has 1 atom stereocenters. The molecular weight excluding hydrogens is 232 g/mol. The molecular formula is C13H20N2O3. The summed E-state index contributed by atoms with van der Waals surface area (Å²) in [5.41, 5.74) is 7.35. The zero-order valence-corrected chi connectivity index (χ0v) is 10.8. The third-order valence-electron chi connectivity index (χ3n) is 2.45. The first-order valence-electron chi connectivity index (χ1n) is 5.85. The lowest BCUT2D eigenvalue weighted by Crippen LogP contribution is -2.30. The van der Waals surface area contributed by atoms with Crippen molar-refractivity contribution in [1.82, 2.24) is 5.32 Å². The van der Waals surface area contributed by atoms with Gasteiger partial charge in [-0.2, -0.15) is 0 Å². The standard InChI is InChI=1S/C13H20N2O3/c1-10(11-4-3-5-12(14)8-11)15-13(16)9-18-7-6-17-2/h3-5,8,10H,6-7,9,14H2,1-2H3,(H,15,16). The van der Waals surface area contributed by atoms with Gasteiger partial charge in [0.2, 0.25) is 5.91 Å². The van der Waals surface area contributed by atoms with Crippen LogP contribution in [0.3, 0.4) is 0 Å². The van der Waals surface area contributed by atoms with Crippen LogP contribution in [0.15, 0.2) is 24.3 Å². The van der Waals surface area contributed by atoms with Crippen molar-refractivity contribution in [3.05, 3.63) is 29.8 Å². The van der Waals surface area contributed by atoms with E-state index in [0.717, 1.165) is 5.56 Å². The van der Waals surface area contributed by atoms with Crippen molar-refractivity contribution in [2.45, 2.75) is 13.0 Å². The highest BCUT2D eigenvalue weighted by atomic mass is 16.5. The van der Waals surface area contributed by atoms with Crippen molar-refractivity contribution >= 4 is 11.6 Å². The van der Waals surface area contributed by atoms with Gasteiger partial charge in [0.05, 0.1) is 19.3 Å². The Bertz CT molecular complexity index is 382. The normalized spacial score (nSPS) is 12.1. The lowest BCUT2D eigenvalue weighted by Gasteiger charge is -2.14. The van der Waals surface area contributed by atoms with E-state index in [-0.39, 0.29) is 18.6 Å². The molecule has 5 nitrogen and oxygen atoms in total. The fourth-order valence-electron chi connectivity index (χ4n) is 1.50. The summed E-state index contributed by atoms with van der Waals surface area (Å²) in [6.45, 7) is 2.84. The van der Waals surface area contributed by atoms with Gasteiger partial charge in [-0.05, 0) is 24.6 Å². The second-order valence-electron chi connectivity index (χ2n) is 4.00. The third kappa shape index (κ3) is 5.16. The van der Waals surface area contributed by atoms with Crippen molar-refractivity contribution in [2.75, 3.05) is 32.7 Å². The molecule has 0 saturated carbocycles. The van der Waals surface area contributed by atoms with Crippen LogP contribution in [0.4, 0.5) is 5.69 Å². The van der Waals surface area contributed by atoms with Gasteiger partial charge in [0, 0.05) is 12.8 Å². The predicted octanol–water partition coefficient (Wildman–Crippen LogP) is 1.11. The topological polar surface area (TPSA) is 73.6 Å². The maximum Gasteiger partial charge on any atom is 0.246 e. The molecule has 0 bridgehead atoms. The molecule has 0 radical (unpaired) electrons. The van der Waals surface area contributed by atoms with Gasteiger partial charge in [-0.15, -0.1) is 0 Å². The van der Waals surface area contributed by atoms with E-state index in [2.05, 4.69) is 5.32 Å². The quantitative estimate of drug-likeness (QED) is 0.563. The summed E-state index contributed by atoms with van der Waals surface area (Å²) < 4.78 is 9.95. The largest absolute Gasteiger partial charge is 0.399 e. The summed E-state index contributed by atoms with van der Waals surface area (Å²) in [6.07, 6.45) is 0. The fourth-order valence-corrected chi connectivity index (χ4v) is 1.50. The van der Waals surface area contributed by atoms with Crippen LogP contribution >= 0.6 is 0 Å². The number of hydrogen-bond donors (Lipinski definition) is 2. The molecule has 5 heteroatoms. The predicted molar refractivity (Wildman–Crippen MR) is 70.1 cm³/mol. The van der Waals surface area contributed by atoms with E-state index in [9.17, 15) is 4.79 Å². The van der Waals surface area contributed by atoms with Crippen LogP contribution in [0.2, 0.25) is 0 Å². The Morgan fingerprint density at radius 2 is 2.22 bits per heavy atom. The van der Waals surface area contributed by atoms with Crippen LogP contribution < -0.4 is 11.1 Å². The zero-order valence-electron chi connectivity index (χ0n) is 10.8. The number of amides is 1. The number of carbonyl (C=O) groups excluding carboxylic acids is 1. The van der Waals surface area contributed by atoms with E-state index in [0.29, 0.717) is 18.9 Å². The van der Waals surface area contributed by atoms with Crippen molar-refractivity contribution in [1.29, 1.82) is 0 Å². The van der Waals surface area contributed by atoms with Crippen LogP contribution in [0.5, 0.6) is 0 Å². The van der Waals surface area contributed by atoms with Gasteiger partial charge in [-0.25, -0.2) is 0 Å². The number of anilines is 1. The average Bonchev–Trinajstić information content (AvgIpc) is 2.34. The highest BCUT2D eigenvalue weighted by molar-refractivity contribution is 5.77. The molecule has 0 aliphatic heterocycles. The number of nitrogen functional groups attached to an aromatic ring is 1. The summed E-state index contributed by atoms with van der Waals surface area (Å²) in [4.78, 5) is 11.6. The highest BCUT2D eigenvalue weighted by Crippen LogP contribution is 2.14. The summed E-state index contributed by atoms with van der Waals surface area (Å²) in [5.74, 6) is -0.152. The second-order valence-corrected chi connectivity index (χ2v) is 4.00. The number of nitrogens with two attached hydrogens (primary N) is 1. The fraction of sp³-hybridized carbons (Fsp3) is 0.462. The van der Waals surface area contributed by atoms with Gasteiger partial charge in [0.25, 0.3) is 0 Å². The van der Waals surface area contributed by atoms with Gasteiger partial charge >= 0.3 is 0 Å². The first kappa shape index (κ1) is 14.5. The van der Waals surface area contributed by atoms with E-state index >= 15 is 0 Å². The molecule has 1 unspecified atom stereocenters. The Morgan fingerprint density at radius 1 is 1.44 bits per heavy atom. The number of carbonyl (C=O) groups is 1. The molecule has 0 spiro atoms. The Labute approximate surface area is 107 Å². The SMILES string of the molecule is COCCOCC(=O)NC(C)c1cccc(N)c1. The zero-order chi connectivity index (χ0) is 13.4. The van der Waals surface area contributed by atoms with E-state index in [4.69, 9.17) is 15.2 Å². The Morgan fingerprint density at radius 3 is 2.89 bits per heavy atom. The smallest absolute Gasteiger partial charge is 0.246 e. The molecule has 0 aliphatic rings. The summed E-state index contributed by atoms with van der Waals surface area (Å²) >= 11 is 0. The first-order valence-corrected chi connectivity index (χ1v) is 5.85. The van der Waals surface area contributed by atoms with Gasteiger partial charge in [-0.3, -0.25) is 4.79 Å². The van der Waals surface area contributed by atoms with Crippen LogP contribution in [0.25, 0.3) is 0 Å². The maximum atomic E-state index is 11.6. The molecule has 0 fully saturated rings. The number of rotatable bonds is 7. The van der Waals surface area contributed by atoms with E-state index in [1.807, 2.05) is 31.2 Å². The van der Waals surface area contributed by atoms with Crippen LogP contribution in [0.1, 0.15) is 18.5 Å². The molecule has 0 heterocycles. The lowest BCUT2D eigenvalue weighted by atomic mass is 10.1.